The van der Waals surface area contributed by atoms with Gasteiger partial charge in [-0.3, -0.25) is 0 Å². The average molecular weight is 353 g/mol. The van der Waals surface area contributed by atoms with Crippen molar-refractivity contribution in [1.29, 1.82) is 0 Å². The van der Waals surface area contributed by atoms with Gasteiger partial charge in [0.1, 0.15) is 5.75 Å². The van der Waals surface area contributed by atoms with Crippen LogP contribution in [0.3, 0.4) is 0 Å². The summed E-state index contributed by atoms with van der Waals surface area (Å²) in [5.74, 6) is 1.28. The molecule has 3 nitrogen and oxygen atoms in total. The molecule has 110 valence electrons. The van der Waals surface area contributed by atoms with E-state index in [-0.39, 0.29) is 12.4 Å². The summed E-state index contributed by atoms with van der Waals surface area (Å²) in [4.78, 5) is 0. The minimum absolute atomic E-state index is 0. The molecule has 0 bridgehead atoms. The number of aliphatic hydroxyl groups is 1. The van der Waals surface area contributed by atoms with Gasteiger partial charge < -0.3 is 15.6 Å². The van der Waals surface area contributed by atoms with E-state index in [4.69, 9.17) is 10.5 Å². The number of aliphatic hydroxyl groups excluding tert-OH is 1. The first kappa shape index (κ1) is 18.7. The largest absolute Gasteiger partial charge is 0.496 e. The number of methoxy groups -OCH3 is 1. The van der Waals surface area contributed by atoms with Crippen LogP contribution in [0.25, 0.3) is 0 Å². The minimum Gasteiger partial charge on any atom is -0.496 e. The summed E-state index contributed by atoms with van der Waals surface area (Å²) in [5.41, 5.74) is 6.96. The summed E-state index contributed by atoms with van der Waals surface area (Å²) in [6.07, 6.45) is 1.12. The molecule has 2 atom stereocenters. The lowest BCUT2D eigenvalue weighted by Gasteiger charge is -2.22. The van der Waals surface area contributed by atoms with Gasteiger partial charge in [-0.15, -0.1) is 12.4 Å². The van der Waals surface area contributed by atoms with E-state index in [1.807, 2.05) is 18.2 Å². The van der Waals surface area contributed by atoms with E-state index >= 15 is 0 Å². The van der Waals surface area contributed by atoms with E-state index in [1.165, 1.54) is 0 Å². The van der Waals surface area contributed by atoms with Crippen molar-refractivity contribution in [2.45, 2.75) is 38.8 Å². The minimum atomic E-state index is -0.546. The fourth-order valence-corrected chi connectivity index (χ4v) is 2.24. The second kappa shape index (κ2) is 8.80. The molecule has 0 heterocycles. The molecular weight excluding hydrogens is 330 g/mol. The van der Waals surface area contributed by atoms with Crippen molar-refractivity contribution >= 4 is 28.3 Å². The van der Waals surface area contributed by atoms with E-state index in [0.717, 1.165) is 16.5 Å². The molecule has 0 unspecified atom stereocenters. The van der Waals surface area contributed by atoms with E-state index < -0.39 is 12.1 Å². The average Bonchev–Trinajstić information content (AvgIpc) is 2.34. The van der Waals surface area contributed by atoms with Crippen molar-refractivity contribution < 1.29 is 9.84 Å². The second-order valence-corrected chi connectivity index (χ2v) is 5.87. The number of hydrogen-bond donors (Lipinski definition) is 2. The van der Waals surface area contributed by atoms with Crippen molar-refractivity contribution in [3.8, 4) is 5.75 Å². The van der Waals surface area contributed by atoms with Gasteiger partial charge in [0.15, 0.2) is 0 Å². The molecule has 0 saturated carbocycles. The van der Waals surface area contributed by atoms with E-state index in [9.17, 15) is 5.11 Å². The van der Waals surface area contributed by atoms with Crippen molar-refractivity contribution in [2.75, 3.05) is 7.11 Å². The molecule has 0 amide bonds. The Morgan fingerprint density at radius 1 is 1.32 bits per heavy atom. The van der Waals surface area contributed by atoms with Crippen LogP contribution in [0.1, 0.15) is 38.3 Å². The maximum absolute atomic E-state index is 10.1. The molecule has 1 aromatic rings. The van der Waals surface area contributed by atoms with Crippen LogP contribution in [-0.2, 0) is 0 Å². The Balaban J connectivity index is 0.00000324. The summed E-state index contributed by atoms with van der Waals surface area (Å²) in [7, 11) is 1.61. The normalized spacial score (nSPS) is 13.8. The molecule has 19 heavy (non-hydrogen) atoms. The Bertz CT molecular complexity index is 388. The first-order valence-electron chi connectivity index (χ1n) is 6.22. The Labute approximate surface area is 130 Å². The van der Waals surface area contributed by atoms with Crippen LogP contribution in [0.5, 0.6) is 5.75 Å². The van der Waals surface area contributed by atoms with Crippen LogP contribution in [-0.4, -0.2) is 18.3 Å². The lowest BCUT2D eigenvalue weighted by Crippen LogP contribution is -2.27. The summed E-state index contributed by atoms with van der Waals surface area (Å²) < 4.78 is 6.22. The fraction of sp³-hybridized carbons (Fsp3) is 0.571. The molecule has 0 fully saturated rings. The molecule has 0 aromatic heterocycles. The summed E-state index contributed by atoms with van der Waals surface area (Å²) in [6.45, 7) is 4.27. The molecule has 1 aromatic carbocycles. The van der Waals surface area contributed by atoms with Gasteiger partial charge in [-0.05, 0) is 37.0 Å². The predicted molar refractivity (Wildman–Crippen MR) is 84.9 cm³/mol. The Kier molecular flexibility index (Phi) is 8.66. The van der Waals surface area contributed by atoms with Crippen molar-refractivity contribution in [3.05, 3.63) is 28.2 Å². The molecule has 0 saturated heterocycles. The standard InChI is InChI=1S/C14H22BrNO2.ClH/c1-9(2)4-6-12(17)14(16)11-8-10(15)5-7-13(11)18-3;/h5,7-9,12,14,17H,4,6,16H2,1-3H3;1H/t12-,14+;/m0./s1. The van der Waals surface area contributed by atoms with Crippen LogP contribution in [0.15, 0.2) is 22.7 Å². The van der Waals surface area contributed by atoms with E-state index in [1.54, 1.807) is 7.11 Å². The van der Waals surface area contributed by atoms with Gasteiger partial charge in [-0.2, -0.15) is 0 Å². The highest BCUT2D eigenvalue weighted by atomic mass is 79.9. The highest BCUT2D eigenvalue weighted by molar-refractivity contribution is 9.10. The second-order valence-electron chi connectivity index (χ2n) is 4.95. The van der Waals surface area contributed by atoms with Crippen LogP contribution >= 0.6 is 28.3 Å². The number of nitrogens with two attached hydrogens (primary N) is 1. The van der Waals surface area contributed by atoms with E-state index in [2.05, 4.69) is 29.8 Å². The third kappa shape index (κ3) is 5.69. The first-order chi connectivity index (χ1) is 8.45. The SMILES string of the molecule is COc1ccc(Br)cc1[C@@H](N)[C@@H](O)CCC(C)C.Cl. The van der Waals surface area contributed by atoms with Crippen LogP contribution < -0.4 is 10.5 Å². The predicted octanol–water partition coefficient (Wildman–Crippen LogP) is 3.68. The van der Waals surface area contributed by atoms with Crippen LogP contribution in [0.4, 0.5) is 0 Å². The zero-order valence-electron chi connectivity index (χ0n) is 11.6. The van der Waals surface area contributed by atoms with Gasteiger partial charge in [0.2, 0.25) is 0 Å². The Hall–Kier alpha value is -0.290. The Morgan fingerprint density at radius 2 is 1.95 bits per heavy atom. The molecule has 0 aliphatic rings. The van der Waals surface area contributed by atoms with Crippen LogP contribution in [0.2, 0.25) is 0 Å². The number of benzene rings is 1. The molecule has 0 radical (unpaired) electrons. The monoisotopic (exact) mass is 351 g/mol. The highest BCUT2D eigenvalue weighted by Crippen LogP contribution is 2.30. The third-order valence-electron chi connectivity index (χ3n) is 3.01. The molecule has 0 aliphatic heterocycles. The summed E-state index contributed by atoms with van der Waals surface area (Å²) in [6, 6.07) is 5.24. The van der Waals surface area contributed by atoms with Gasteiger partial charge in [-0.25, -0.2) is 0 Å². The zero-order valence-corrected chi connectivity index (χ0v) is 14.0. The lowest BCUT2D eigenvalue weighted by molar-refractivity contribution is 0.127. The molecule has 3 N–H and O–H groups in total. The third-order valence-corrected chi connectivity index (χ3v) is 3.50. The number of ether oxygens (including phenoxy) is 1. The molecule has 1 rings (SSSR count). The highest BCUT2D eigenvalue weighted by Gasteiger charge is 2.20. The lowest BCUT2D eigenvalue weighted by atomic mass is 9.95. The van der Waals surface area contributed by atoms with Gasteiger partial charge in [0, 0.05) is 10.0 Å². The summed E-state index contributed by atoms with van der Waals surface area (Å²) in [5, 5.41) is 10.1. The molecular formula is C14H23BrClNO2. The van der Waals surface area contributed by atoms with Crippen molar-refractivity contribution in [3.63, 3.8) is 0 Å². The van der Waals surface area contributed by atoms with Crippen LogP contribution in [0, 0.1) is 5.92 Å². The van der Waals surface area contributed by atoms with Gasteiger partial charge in [0.05, 0.1) is 19.3 Å². The van der Waals surface area contributed by atoms with Gasteiger partial charge in [0.25, 0.3) is 0 Å². The Morgan fingerprint density at radius 3 is 2.47 bits per heavy atom. The smallest absolute Gasteiger partial charge is 0.123 e. The number of halogens is 2. The molecule has 0 spiro atoms. The number of hydrogen-bond acceptors (Lipinski definition) is 3. The number of rotatable bonds is 6. The maximum Gasteiger partial charge on any atom is 0.123 e. The maximum atomic E-state index is 10.1. The fourth-order valence-electron chi connectivity index (χ4n) is 1.86. The quantitative estimate of drug-likeness (QED) is 0.821. The van der Waals surface area contributed by atoms with Gasteiger partial charge >= 0.3 is 0 Å². The topological polar surface area (TPSA) is 55.5 Å². The summed E-state index contributed by atoms with van der Waals surface area (Å²) >= 11 is 3.41. The van der Waals surface area contributed by atoms with Gasteiger partial charge in [-0.1, -0.05) is 29.8 Å². The van der Waals surface area contributed by atoms with Crippen molar-refractivity contribution in [1.82, 2.24) is 0 Å². The van der Waals surface area contributed by atoms with Crippen molar-refractivity contribution in [2.24, 2.45) is 11.7 Å². The molecule has 5 heteroatoms. The zero-order chi connectivity index (χ0) is 13.7. The van der Waals surface area contributed by atoms with E-state index in [0.29, 0.717) is 18.1 Å². The first-order valence-corrected chi connectivity index (χ1v) is 7.02. The molecule has 0 aliphatic carbocycles.